The quantitative estimate of drug-likeness (QED) is 0.861. The number of hydrogen-bond donors (Lipinski definition) is 2. The Morgan fingerprint density at radius 3 is 2.52 bits per heavy atom. The average molecular weight is 322 g/mol. The van der Waals surface area contributed by atoms with Crippen LogP contribution in [0.15, 0.2) is 42.0 Å². The molecule has 0 aromatic heterocycles. The largest absolute Gasteiger partial charge is 0.453 e. The molecule has 0 amide bonds. The fourth-order valence-corrected chi connectivity index (χ4v) is 2.77. The van der Waals surface area contributed by atoms with Gasteiger partial charge in [-0.2, -0.15) is 0 Å². The van der Waals surface area contributed by atoms with E-state index in [-0.39, 0.29) is 24.4 Å². The van der Waals surface area contributed by atoms with Crippen LogP contribution in [0.2, 0.25) is 0 Å². The summed E-state index contributed by atoms with van der Waals surface area (Å²) in [6, 6.07) is 9.65. The molecule has 126 valence electrons. The van der Waals surface area contributed by atoms with Gasteiger partial charge in [-0.15, -0.1) is 0 Å². The lowest BCUT2D eigenvalue weighted by atomic mass is 10.1. The van der Waals surface area contributed by atoms with Gasteiger partial charge in [0.05, 0.1) is 12.7 Å². The van der Waals surface area contributed by atoms with Crippen LogP contribution < -0.4 is 0 Å². The van der Waals surface area contributed by atoms with Gasteiger partial charge in [0.25, 0.3) is 0 Å². The van der Waals surface area contributed by atoms with E-state index in [2.05, 4.69) is 0 Å². The van der Waals surface area contributed by atoms with Crippen LogP contribution in [0.1, 0.15) is 32.4 Å². The topological polar surface area (TPSA) is 77.4 Å². The summed E-state index contributed by atoms with van der Waals surface area (Å²) in [7, 11) is 0. The second-order valence-corrected chi connectivity index (χ2v) is 6.19. The Morgan fingerprint density at radius 2 is 1.91 bits per heavy atom. The number of aliphatic hydroxyl groups is 2. The van der Waals surface area contributed by atoms with Crippen molar-refractivity contribution in [3.05, 3.63) is 47.6 Å². The zero-order valence-corrected chi connectivity index (χ0v) is 13.4. The van der Waals surface area contributed by atoms with Crippen molar-refractivity contribution >= 4 is 0 Å². The molecule has 6 heteroatoms. The molecule has 0 bridgehead atoms. The monoisotopic (exact) mass is 322 g/mol. The van der Waals surface area contributed by atoms with E-state index in [0.717, 1.165) is 5.56 Å². The predicted octanol–water partition coefficient (Wildman–Crippen LogP) is 1.84. The molecule has 1 aromatic carbocycles. The molecule has 0 saturated heterocycles. The second-order valence-electron chi connectivity index (χ2n) is 6.19. The van der Waals surface area contributed by atoms with E-state index >= 15 is 0 Å². The Labute approximate surface area is 135 Å². The molecule has 2 N–H and O–H groups in total. The first kappa shape index (κ1) is 16.1. The first-order valence-electron chi connectivity index (χ1n) is 7.69. The lowest BCUT2D eigenvalue weighted by molar-refractivity contribution is -0.200. The molecule has 0 fully saturated rings. The Bertz CT molecular complexity index is 582. The van der Waals surface area contributed by atoms with E-state index in [1.54, 1.807) is 13.8 Å². The van der Waals surface area contributed by atoms with Gasteiger partial charge >= 0.3 is 5.95 Å². The third-order valence-electron chi connectivity index (χ3n) is 3.91. The molecule has 2 aliphatic heterocycles. The minimum atomic E-state index is -1.04. The number of benzene rings is 1. The van der Waals surface area contributed by atoms with Gasteiger partial charge in [0.1, 0.15) is 6.10 Å². The van der Waals surface area contributed by atoms with Crippen molar-refractivity contribution in [2.24, 2.45) is 0 Å². The zero-order valence-electron chi connectivity index (χ0n) is 13.4. The lowest BCUT2D eigenvalue weighted by Crippen LogP contribution is -2.42. The predicted molar refractivity (Wildman–Crippen MR) is 81.0 cm³/mol. The number of ether oxygens (including phenoxy) is 4. The molecule has 3 unspecified atom stereocenters. The summed E-state index contributed by atoms with van der Waals surface area (Å²) in [6.07, 6.45) is -2.77. The van der Waals surface area contributed by atoms with Crippen LogP contribution in [-0.4, -0.2) is 40.9 Å². The van der Waals surface area contributed by atoms with E-state index < -0.39 is 24.1 Å². The molecule has 0 radical (unpaired) electrons. The molecular weight excluding hydrogens is 300 g/mol. The van der Waals surface area contributed by atoms with Crippen molar-refractivity contribution in [2.45, 2.75) is 51.0 Å². The van der Waals surface area contributed by atoms with Crippen LogP contribution in [0.5, 0.6) is 0 Å². The highest BCUT2D eigenvalue weighted by Crippen LogP contribution is 2.41. The molecule has 23 heavy (non-hydrogen) atoms. The molecule has 0 saturated carbocycles. The molecule has 0 aliphatic carbocycles. The highest BCUT2D eigenvalue weighted by molar-refractivity contribution is 5.18. The molecule has 2 heterocycles. The van der Waals surface area contributed by atoms with E-state index in [0.29, 0.717) is 0 Å². The lowest BCUT2D eigenvalue weighted by Gasteiger charge is -2.30. The number of aliphatic hydroxyl groups excluding tert-OH is 2. The summed E-state index contributed by atoms with van der Waals surface area (Å²) in [5.41, 5.74) is 0.979. The SMILES string of the molecule is CC(OC(CO)[C@H]1OC2=C(OC(C)(C)O2)C1O)c1ccccc1. The van der Waals surface area contributed by atoms with Crippen molar-refractivity contribution in [1.82, 2.24) is 0 Å². The van der Waals surface area contributed by atoms with Gasteiger partial charge < -0.3 is 29.2 Å². The summed E-state index contributed by atoms with van der Waals surface area (Å²) in [4.78, 5) is 0. The highest BCUT2D eigenvalue weighted by Gasteiger charge is 2.51. The molecular formula is C17H22O6. The maximum Gasteiger partial charge on any atom is 0.325 e. The van der Waals surface area contributed by atoms with Crippen LogP contribution in [0.25, 0.3) is 0 Å². The van der Waals surface area contributed by atoms with Crippen molar-refractivity contribution in [3.63, 3.8) is 0 Å². The summed E-state index contributed by atoms with van der Waals surface area (Å²) in [6.45, 7) is 5.06. The van der Waals surface area contributed by atoms with Gasteiger partial charge in [0, 0.05) is 13.8 Å². The summed E-state index contributed by atoms with van der Waals surface area (Å²) in [5.74, 6) is -0.430. The van der Waals surface area contributed by atoms with E-state index in [1.165, 1.54) is 0 Å². The van der Waals surface area contributed by atoms with Gasteiger partial charge in [-0.3, -0.25) is 0 Å². The van der Waals surface area contributed by atoms with Gasteiger partial charge in [-0.25, -0.2) is 0 Å². The Morgan fingerprint density at radius 1 is 1.22 bits per heavy atom. The summed E-state index contributed by atoms with van der Waals surface area (Å²) < 4.78 is 22.5. The second kappa shape index (κ2) is 6.03. The minimum absolute atomic E-state index is 0.168. The fourth-order valence-electron chi connectivity index (χ4n) is 2.77. The first-order valence-corrected chi connectivity index (χ1v) is 7.69. The Balaban J connectivity index is 1.67. The minimum Gasteiger partial charge on any atom is -0.453 e. The number of rotatable bonds is 5. The smallest absolute Gasteiger partial charge is 0.325 e. The van der Waals surface area contributed by atoms with Gasteiger partial charge in [-0.05, 0) is 12.5 Å². The normalized spacial score (nSPS) is 27.7. The standard InChI is InChI=1S/C17H22O6/c1-10(11-7-5-4-6-8-11)20-12(9-18)14-13(19)15-16(21-14)23-17(2,3)22-15/h4-8,10,12-14,18-19H,9H2,1-3H3/t10?,12?,13?,14-/m1/s1. The van der Waals surface area contributed by atoms with Crippen LogP contribution in [0.4, 0.5) is 0 Å². The molecule has 4 atom stereocenters. The van der Waals surface area contributed by atoms with E-state index in [4.69, 9.17) is 18.9 Å². The average Bonchev–Trinajstić information content (AvgIpc) is 2.99. The van der Waals surface area contributed by atoms with E-state index in [1.807, 2.05) is 37.3 Å². The van der Waals surface area contributed by atoms with Crippen molar-refractivity contribution in [1.29, 1.82) is 0 Å². The molecule has 2 aliphatic rings. The highest BCUT2D eigenvalue weighted by atomic mass is 16.8. The molecule has 6 nitrogen and oxygen atoms in total. The van der Waals surface area contributed by atoms with Crippen molar-refractivity contribution in [2.75, 3.05) is 6.61 Å². The maximum atomic E-state index is 10.4. The fraction of sp³-hybridized carbons (Fsp3) is 0.529. The van der Waals surface area contributed by atoms with Crippen LogP contribution in [-0.2, 0) is 18.9 Å². The zero-order chi connectivity index (χ0) is 16.6. The van der Waals surface area contributed by atoms with Gasteiger partial charge in [-0.1, -0.05) is 30.3 Å². The summed E-state index contributed by atoms with van der Waals surface area (Å²) in [5, 5.41) is 20.0. The van der Waals surface area contributed by atoms with Gasteiger partial charge in [0.15, 0.2) is 12.2 Å². The van der Waals surface area contributed by atoms with Crippen molar-refractivity contribution in [3.8, 4) is 0 Å². The Hall–Kier alpha value is -1.76. The van der Waals surface area contributed by atoms with Gasteiger partial charge in [0.2, 0.25) is 11.5 Å². The number of hydrogen-bond acceptors (Lipinski definition) is 6. The van der Waals surface area contributed by atoms with Crippen LogP contribution in [0.3, 0.4) is 0 Å². The third-order valence-corrected chi connectivity index (χ3v) is 3.91. The molecule has 1 aromatic rings. The maximum absolute atomic E-state index is 10.4. The van der Waals surface area contributed by atoms with Crippen LogP contribution in [0, 0.1) is 0 Å². The van der Waals surface area contributed by atoms with E-state index in [9.17, 15) is 10.2 Å². The third kappa shape index (κ3) is 3.15. The molecule has 3 rings (SSSR count). The first-order chi connectivity index (χ1) is 10.9. The van der Waals surface area contributed by atoms with Crippen LogP contribution >= 0.6 is 0 Å². The summed E-state index contributed by atoms with van der Waals surface area (Å²) >= 11 is 0. The molecule has 0 spiro atoms. The van der Waals surface area contributed by atoms with Crippen molar-refractivity contribution < 1.29 is 29.2 Å². The Kier molecular flexibility index (Phi) is 4.23.